The molecule has 1 saturated heterocycles. The van der Waals surface area contributed by atoms with Crippen molar-refractivity contribution in [2.24, 2.45) is 17.6 Å². The molecule has 108 valence electrons. The van der Waals surface area contributed by atoms with E-state index in [4.69, 9.17) is 10.5 Å². The summed E-state index contributed by atoms with van der Waals surface area (Å²) in [6, 6.07) is 5.24. The van der Waals surface area contributed by atoms with Gasteiger partial charge in [0.2, 0.25) is 5.91 Å². The summed E-state index contributed by atoms with van der Waals surface area (Å²) < 4.78 is 5.84. The first kappa shape index (κ1) is 14.8. The summed E-state index contributed by atoms with van der Waals surface area (Å²) in [5, 5.41) is 0. The van der Waals surface area contributed by atoms with Crippen LogP contribution in [0.25, 0.3) is 0 Å². The molecule has 1 aromatic carbocycles. The first-order chi connectivity index (χ1) is 9.43. The Morgan fingerprint density at radius 3 is 2.65 bits per heavy atom. The molecule has 0 spiro atoms. The first-order valence-corrected chi connectivity index (χ1v) is 7.15. The van der Waals surface area contributed by atoms with Gasteiger partial charge in [0.05, 0.1) is 18.6 Å². The molecule has 2 amide bonds. The molecule has 20 heavy (non-hydrogen) atoms. The second kappa shape index (κ2) is 5.83. The zero-order valence-corrected chi connectivity index (χ0v) is 13.0. The van der Waals surface area contributed by atoms with Crippen molar-refractivity contribution in [1.29, 1.82) is 0 Å². The van der Waals surface area contributed by atoms with Crippen LogP contribution in [0.15, 0.2) is 22.7 Å². The second-order valence-corrected chi connectivity index (χ2v) is 5.90. The molecule has 1 fully saturated rings. The SMILES string of the molecule is COc1ccc(Br)c(C(=O)N2C[C@@H](C)[C@H](C(N)=O)C2)c1. The van der Waals surface area contributed by atoms with Crippen LogP contribution in [0.4, 0.5) is 0 Å². The molecule has 1 aliphatic heterocycles. The summed E-state index contributed by atoms with van der Waals surface area (Å²) in [6.07, 6.45) is 0. The van der Waals surface area contributed by atoms with Crippen LogP contribution in [-0.2, 0) is 4.79 Å². The molecule has 0 aromatic heterocycles. The quantitative estimate of drug-likeness (QED) is 0.909. The molecule has 6 heteroatoms. The lowest BCUT2D eigenvalue weighted by atomic mass is 9.98. The Kier molecular flexibility index (Phi) is 4.32. The summed E-state index contributed by atoms with van der Waals surface area (Å²) in [7, 11) is 1.55. The van der Waals surface area contributed by atoms with E-state index in [1.165, 1.54) is 0 Å². The number of primary amides is 1. The molecule has 1 heterocycles. The molecular weight excluding hydrogens is 324 g/mol. The molecule has 0 saturated carbocycles. The molecule has 0 aliphatic carbocycles. The second-order valence-electron chi connectivity index (χ2n) is 5.04. The Hall–Kier alpha value is -1.56. The van der Waals surface area contributed by atoms with Crippen molar-refractivity contribution in [3.8, 4) is 5.75 Å². The van der Waals surface area contributed by atoms with Crippen LogP contribution in [0, 0.1) is 11.8 Å². The van der Waals surface area contributed by atoms with E-state index in [0.717, 1.165) is 0 Å². The van der Waals surface area contributed by atoms with E-state index in [9.17, 15) is 9.59 Å². The third kappa shape index (κ3) is 2.80. The molecule has 0 unspecified atom stereocenters. The minimum absolute atomic E-state index is 0.0841. The van der Waals surface area contributed by atoms with Crippen molar-refractivity contribution in [2.45, 2.75) is 6.92 Å². The summed E-state index contributed by atoms with van der Waals surface area (Å²) >= 11 is 3.37. The molecule has 1 aliphatic rings. The van der Waals surface area contributed by atoms with Gasteiger partial charge in [-0.1, -0.05) is 6.92 Å². The van der Waals surface area contributed by atoms with Crippen LogP contribution in [0.1, 0.15) is 17.3 Å². The molecule has 0 bridgehead atoms. The highest BCUT2D eigenvalue weighted by Crippen LogP contribution is 2.28. The number of nitrogens with zero attached hydrogens (tertiary/aromatic N) is 1. The van der Waals surface area contributed by atoms with E-state index in [-0.39, 0.29) is 23.7 Å². The number of likely N-dealkylation sites (tertiary alicyclic amines) is 1. The maximum absolute atomic E-state index is 12.5. The monoisotopic (exact) mass is 340 g/mol. The van der Waals surface area contributed by atoms with Crippen LogP contribution in [0.2, 0.25) is 0 Å². The third-order valence-corrected chi connectivity index (χ3v) is 4.36. The fourth-order valence-corrected chi connectivity index (χ4v) is 2.88. The fraction of sp³-hybridized carbons (Fsp3) is 0.429. The van der Waals surface area contributed by atoms with Gasteiger partial charge in [-0.15, -0.1) is 0 Å². The Morgan fingerprint density at radius 2 is 2.10 bits per heavy atom. The van der Waals surface area contributed by atoms with Crippen LogP contribution < -0.4 is 10.5 Å². The zero-order valence-electron chi connectivity index (χ0n) is 11.4. The predicted octanol–water partition coefficient (Wildman–Crippen LogP) is 1.65. The number of hydrogen-bond donors (Lipinski definition) is 1. The Bertz CT molecular complexity index is 547. The molecule has 1 aromatic rings. The standard InChI is InChI=1S/C14H17BrN2O3/c1-8-6-17(7-11(8)13(16)18)14(19)10-5-9(20-2)3-4-12(10)15/h3-5,8,11H,6-7H2,1-2H3,(H2,16,18)/t8-,11-/m1/s1. The maximum Gasteiger partial charge on any atom is 0.255 e. The van der Waals surface area contributed by atoms with Gasteiger partial charge in [0, 0.05) is 17.6 Å². The smallest absolute Gasteiger partial charge is 0.255 e. The van der Waals surface area contributed by atoms with Gasteiger partial charge in [-0.05, 0) is 40.0 Å². The predicted molar refractivity (Wildman–Crippen MR) is 78.4 cm³/mol. The normalized spacial score (nSPS) is 21.9. The van der Waals surface area contributed by atoms with Crippen molar-refractivity contribution in [3.05, 3.63) is 28.2 Å². The number of carbonyl (C=O) groups excluding carboxylic acids is 2. The van der Waals surface area contributed by atoms with Crippen LogP contribution in [0.3, 0.4) is 0 Å². The van der Waals surface area contributed by atoms with Crippen LogP contribution in [0.5, 0.6) is 5.75 Å². The molecule has 5 nitrogen and oxygen atoms in total. The van der Waals surface area contributed by atoms with E-state index in [2.05, 4.69) is 15.9 Å². The fourth-order valence-electron chi connectivity index (χ4n) is 2.47. The lowest BCUT2D eigenvalue weighted by Crippen LogP contribution is -2.32. The van der Waals surface area contributed by atoms with Gasteiger partial charge >= 0.3 is 0 Å². The highest BCUT2D eigenvalue weighted by Gasteiger charge is 2.36. The summed E-state index contributed by atoms with van der Waals surface area (Å²) in [4.78, 5) is 25.5. The van der Waals surface area contributed by atoms with Gasteiger partial charge in [0.25, 0.3) is 5.91 Å². The maximum atomic E-state index is 12.5. The van der Waals surface area contributed by atoms with Crippen molar-refractivity contribution in [1.82, 2.24) is 4.90 Å². The minimum Gasteiger partial charge on any atom is -0.497 e. The van der Waals surface area contributed by atoms with Crippen molar-refractivity contribution in [2.75, 3.05) is 20.2 Å². The Labute approximate surface area is 126 Å². The van der Waals surface area contributed by atoms with E-state index < -0.39 is 0 Å². The van der Waals surface area contributed by atoms with E-state index in [0.29, 0.717) is 28.9 Å². The molecule has 2 N–H and O–H groups in total. The number of ether oxygens (including phenoxy) is 1. The number of amides is 2. The number of halogens is 1. The van der Waals surface area contributed by atoms with Gasteiger partial charge in [-0.2, -0.15) is 0 Å². The molecule has 2 atom stereocenters. The van der Waals surface area contributed by atoms with Gasteiger partial charge in [0.15, 0.2) is 0 Å². The van der Waals surface area contributed by atoms with Crippen LogP contribution >= 0.6 is 15.9 Å². The molecule has 2 rings (SSSR count). The highest BCUT2D eigenvalue weighted by molar-refractivity contribution is 9.10. The average Bonchev–Trinajstić information content (AvgIpc) is 2.81. The van der Waals surface area contributed by atoms with Crippen molar-refractivity contribution < 1.29 is 14.3 Å². The van der Waals surface area contributed by atoms with Gasteiger partial charge < -0.3 is 15.4 Å². The average molecular weight is 341 g/mol. The Morgan fingerprint density at radius 1 is 1.40 bits per heavy atom. The van der Waals surface area contributed by atoms with Crippen LogP contribution in [-0.4, -0.2) is 36.9 Å². The highest BCUT2D eigenvalue weighted by atomic mass is 79.9. The number of nitrogens with two attached hydrogens (primary N) is 1. The van der Waals surface area contributed by atoms with Gasteiger partial charge in [0.1, 0.15) is 5.75 Å². The summed E-state index contributed by atoms with van der Waals surface area (Å²) in [5.41, 5.74) is 5.89. The third-order valence-electron chi connectivity index (χ3n) is 3.67. The first-order valence-electron chi connectivity index (χ1n) is 6.36. The number of carbonyl (C=O) groups is 2. The van der Waals surface area contributed by atoms with E-state index in [1.54, 1.807) is 30.2 Å². The summed E-state index contributed by atoms with van der Waals surface area (Å²) in [6.45, 7) is 2.85. The number of methoxy groups -OCH3 is 1. The lowest BCUT2D eigenvalue weighted by Gasteiger charge is -2.17. The van der Waals surface area contributed by atoms with E-state index in [1.807, 2.05) is 6.92 Å². The van der Waals surface area contributed by atoms with Gasteiger partial charge in [-0.3, -0.25) is 9.59 Å². The zero-order chi connectivity index (χ0) is 14.9. The molecular formula is C14H17BrN2O3. The van der Waals surface area contributed by atoms with E-state index >= 15 is 0 Å². The molecule has 0 radical (unpaired) electrons. The number of rotatable bonds is 3. The number of benzene rings is 1. The van der Waals surface area contributed by atoms with Crippen molar-refractivity contribution in [3.63, 3.8) is 0 Å². The summed E-state index contributed by atoms with van der Waals surface area (Å²) in [5.74, 6) is -0.0386. The lowest BCUT2D eigenvalue weighted by molar-refractivity contribution is -0.122. The van der Waals surface area contributed by atoms with Crippen molar-refractivity contribution >= 4 is 27.7 Å². The minimum atomic E-state index is -0.350. The largest absolute Gasteiger partial charge is 0.497 e. The van der Waals surface area contributed by atoms with Gasteiger partial charge in [-0.25, -0.2) is 0 Å². The number of hydrogen-bond acceptors (Lipinski definition) is 3. The Balaban J connectivity index is 2.22. The topological polar surface area (TPSA) is 72.6 Å².